The van der Waals surface area contributed by atoms with Gasteiger partial charge in [0.2, 0.25) is 0 Å². The van der Waals surface area contributed by atoms with Gasteiger partial charge in [0.05, 0.1) is 25.7 Å². The van der Waals surface area contributed by atoms with Crippen LogP contribution >= 0.6 is 0 Å². The van der Waals surface area contributed by atoms with Gasteiger partial charge < -0.3 is 14.4 Å². The van der Waals surface area contributed by atoms with Crippen molar-refractivity contribution in [3.05, 3.63) is 72.2 Å². The molecule has 0 saturated carbocycles. The molecule has 0 unspecified atom stereocenters. The Labute approximate surface area is 172 Å². The van der Waals surface area contributed by atoms with Gasteiger partial charge >= 0.3 is 12.1 Å². The van der Waals surface area contributed by atoms with E-state index in [1.165, 1.54) is 16.8 Å². The molecule has 0 bridgehead atoms. The maximum Gasteiger partial charge on any atom is 0.490 e. The van der Waals surface area contributed by atoms with Gasteiger partial charge in [-0.1, -0.05) is 61.9 Å². The number of carboxylic acids is 1. The van der Waals surface area contributed by atoms with Crippen LogP contribution in [0.5, 0.6) is 5.75 Å². The fourth-order valence-electron chi connectivity index (χ4n) is 2.90. The predicted molar refractivity (Wildman–Crippen MR) is 107 cm³/mol. The van der Waals surface area contributed by atoms with Crippen molar-refractivity contribution in [2.45, 2.75) is 32.5 Å². The SMILES string of the molecule is CCCc1c(-c2ccccc2)ncn1Cc1ccccc1OC.O=C(O)C(F)(F)F. The number of rotatable bonds is 6. The first-order valence-corrected chi connectivity index (χ1v) is 9.29. The van der Waals surface area contributed by atoms with E-state index in [1.807, 2.05) is 30.6 Å². The molecule has 0 aliphatic carbocycles. The van der Waals surface area contributed by atoms with E-state index in [-0.39, 0.29) is 0 Å². The molecule has 2 aromatic carbocycles. The molecule has 0 aliphatic rings. The zero-order valence-corrected chi connectivity index (χ0v) is 16.7. The largest absolute Gasteiger partial charge is 0.496 e. The molecule has 1 heterocycles. The molecule has 0 amide bonds. The highest BCUT2D eigenvalue weighted by Gasteiger charge is 2.38. The monoisotopic (exact) mass is 420 g/mol. The van der Waals surface area contributed by atoms with Crippen molar-refractivity contribution in [1.29, 1.82) is 0 Å². The Hall–Kier alpha value is -3.29. The smallest absolute Gasteiger partial charge is 0.490 e. The predicted octanol–water partition coefficient (Wildman–Crippen LogP) is 5.19. The quantitative estimate of drug-likeness (QED) is 0.596. The Morgan fingerprint density at radius 3 is 2.27 bits per heavy atom. The fraction of sp³-hybridized carbons (Fsp3) is 0.273. The van der Waals surface area contributed by atoms with Gasteiger partial charge in [-0.05, 0) is 12.5 Å². The van der Waals surface area contributed by atoms with Crippen molar-refractivity contribution in [2.24, 2.45) is 0 Å². The fourth-order valence-corrected chi connectivity index (χ4v) is 2.90. The summed E-state index contributed by atoms with van der Waals surface area (Å²) in [6.07, 6.45) is -1.03. The first-order chi connectivity index (χ1) is 14.3. The summed E-state index contributed by atoms with van der Waals surface area (Å²) in [5, 5.41) is 7.12. The highest BCUT2D eigenvalue weighted by molar-refractivity contribution is 5.73. The van der Waals surface area contributed by atoms with E-state index in [0.29, 0.717) is 0 Å². The van der Waals surface area contributed by atoms with Crippen LogP contribution in [0.1, 0.15) is 24.6 Å². The van der Waals surface area contributed by atoms with Gasteiger partial charge in [-0.2, -0.15) is 13.2 Å². The Kier molecular flexibility index (Phi) is 8.03. The summed E-state index contributed by atoms with van der Waals surface area (Å²) in [7, 11) is 1.72. The number of methoxy groups -OCH3 is 1. The summed E-state index contributed by atoms with van der Waals surface area (Å²) in [5.74, 6) is -1.84. The van der Waals surface area contributed by atoms with E-state index < -0.39 is 12.1 Å². The summed E-state index contributed by atoms with van der Waals surface area (Å²) < 4.78 is 39.5. The third-order valence-electron chi connectivity index (χ3n) is 4.26. The number of carbonyl (C=O) groups is 1. The molecular formula is C22H23F3N2O3. The lowest BCUT2D eigenvalue weighted by molar-refractivity contribution is -0.192. The van der Waals surface area contributed by atoms with Crippen molar-refractivity contribution in [3.63, 3.8) is 0 Å². The third-order valence-corrected chi connectivity index (χ3v) is 4.26. The Morgan fingerprint density at radius 1 is 1.10 bits per heavy atom. The molecule has 0 saturated heterocycles. The van der Waals surface area contributed by atoms with Crippen molar-refractivity contribution >= 4 is 5.97 Å². The van der Waals surface area contributed by atoms with Crippen molar-refractivity contribution in [3.8, 4) is 17.0 Å². The molecule has 30 heavy (non-hydrogen) atoms. The van der Waals surface area contributed by atoms with E-state index in [4.69, 9.17) is 14.6 Å². The minimum atomic E-state index is -5.08. The van der Waals surface area contributed by atoms with Crippen molar-refractivity contribution in [1.82, 2.24) is 9.55 Å². The van der Waals surface area contributed by atoms with E-state index in [1.54, 1.807) is 7.11 Å². The van der Waals surface area contributed by atoms with Crippen LogP contribution in [0.15, 0.2) is 60.9 Å². The number of aromatic nitrogens is 2. The number of imidazole rings is 1. The number of alkyl halides is 3. The molecular weight excluding hydrogens is 397 g/mol. The normalized spacial score (nSPS) is 10.8. The summed E-state index contributed by atoms with van der Waals surface area (Å²) in [4.78, 5) is 13.6. The second-order valence-electron chi connectivity index (χ2n) is 6.40. The number of carboxylic acid groups (broad SMARTS) is 1. The van der Waals surface area contributed by atoms with Gasteiger partial charge in [-0.15, -0.1) is 0 Å². The zero-order chi connectivity index (χ0) is 22.1. The lowest BCUT2D eigenvalue weighted by Gasteiger charge is -2.12. The number of halogens is 3. The van der Waals surface area contributed by atoms with Gasteiger partial charge in [0.1, 0.15) is 5.75 Å². The molecule has 3 rings (SSSR count). The molecule has 1 N–H and O–H groups in total. The Balaban J connectivity index is 0.000000396. The van der Waals surface area contributed by atoms with Crippen LogP contribution in [0.3, 0.4) is 0 Å². The molecule has 8 heteroatoms. The number of hydrogen-bond acceptors (Lipinski definition) is 3. The second-order valence-corrected chi connectivity index (χ2v) is 6.40. The topological polar surface area (TPSA) is 64.4 Å². The summed E-state index contributed by atoms with van der Waals surface area (Å²) in [5.41, 5.74) is 4.71. The van der Waals surface area contributed by atoms with E-state index in [2.05, 4.69) is 46.8 Å². The maximum absolute atomic E-state index is 10.6. The van der Waals surface area contributed by atoms with Crippen LogP contribution in [0, 0.1) is 0 Å². The number of hydrogen-bond donors (Lipinski definition) is 1. The average Bonchev–Trinajstić information content (AvgIpc) is 3.11. The van der Waals surface area contributed by atoms with Crippen LogP contribution in [-0.4, -0.2) is 33.9 Å². The molecule has 0 spiro atoms. The number of aliphatic carboxylic acids is 1. The lowest BCUT2D eigenvalue weighted by atomic mass is 10.1. The number of ether oxygens (including phenoxy) is 1. The molecule has 0 atom stereocenters. The Bertz CT molecular complexity index is 954. The molecule has 0 fully saturated rings. The first kappa shape index (κ1) is 23.0. The van der Waals surface area contributed by atoms with Gasteiger partial charge in [0.15, 0.2) is 0 Å². The second kappa shape index (κ2) is 10.5. The van der Waals surface area contributed by atoms with Crippen molar-refractivity contribution in [2.75, 3.05) is 7.11 Å². The third kappa shape index (κ3) is 6.10. The number of benzene rings is 2. The maximum atomic E-state index is 10.6. The van der Waals surface area contributed by atoms with Gasteiger partial charge in [-0.25, -0.2) is 9.78 Å². The van der Waals surface area contributed by atoms with E-state index in [0.717, 1.165) is 30.8 Å². The summed E-state index contributed by atoms with van der Waals surface area (Å²) in [6, 6.07) is 18.6. The Morgan fingerprint density at radius 2 is 1.70 bits per heavy atom. The van der Waals surface area contributed by atoms with Crippen molar-refractivity contribution < 1.29 is 27.8 Å². The number of nitrogens with zero attached hydrogens (tertiary/aromatic N) is 2. The van der Waals surface area contributed by atoms with Crippen LogP contribution < -0.4 is 4.74 Å². The first-order valence-electron chi connectivity index (χ1n) is 9.29. The molecule has 1 aromatic heterocycles. The van der Waals surface area contributed by atoms with Crippen LogP contribution in [0.4, 0.5) is 13.2 Å². The van der Waals surface area contributed by atoms with E-state index in [9.17, 15) is 13.2 Å². The lowest BCUT2D eigenvalue weighted by Crippen LogP contribution is -2.21. The van der Waals surface area contributed by atoms with Crippen LogP contribution in [-0.2, 0) is 17.8 Å². The molecule has 0 aliphatic heterocycles. The van der Waals surface area contributed by atoms with Crippen LogP contribution in [0.25, 0.3) is 11.3 Å². The minimum absolute atomic E-state index is 0.777. The highest BCUT2D eigenvalue weighted by atomic mass is 19.4. The minimum Gasteiger partial charge on any atom is -0.496 e. The molecule has 160 valence electrons. The van der Waals surface area contributed by atoms with E-state index >= 15 is 0 Å². The van der Waals surface area contributed by atoms with Gasteiger partial charge in [0, 0.05) is 16.8 Å². The van der Waals surface area contributed by atoms with Gasteiger partial charge in [-0.3, -0.25) is 0 Å². The molecule has 5 nitrogen and oxygen atoms in total. The zero-order valence-electron chi connectivity index (χ0n) is 16.7. The molecule has 3 aromatic rings. The summed E-state index contributed by atoms with van der Waals surface area (Å²) >= 11 is 0. The van der Waals surface area contributed by atoms with Gasteiger partial charge in [0.25, 0.3) is 0 Å². The van der Waals surface area contributed by atoms with Crippen LogP contribution in [0.2, 0.25) is 0 Å². The molecule has 0 radical (unpaired) electrons. The standard InChI is InChI=1S/C20H22N2O.C2HF3O2/c1-3-9-18-20(16-10-5-4-6-11-16)21-15-22(18)14-17-12-7-8-13-19(17)23-2;3-2(4,5)1(6)7/h4-8,10-13,15H,3,9,14H2,1-2H3;(H,6,7). The average molecular weight is 420 g/mol. The highest BCUT2D eigenvalue weighted by Crippen LogP contribution is 2.26. The summed E-state index contributed by atoms with van der Waals surface area (Å²) in [6.45, 7) is 2.98. The number of para-hydroxylation sites is 1.